The van der Waals surface area contributed by atoms with Crippen molar-refractivity contribution in [1.82, 2.24) is 0 Å². The molecule has 27 heavy (non-hydrogen) atoms. The molecule has 3 rings (SSSR count). The number of carbonyl (C=O) groups excluding carboxylic acids is 1. The summed E-state index contributed by atoms with van der Waals surface area (Å²) in [4.78, 5) is 13.5. The van der Waals surface area contributed by atoms with Crippen molar-refractivity contribution in [1.29, 1.82) is 0 Å². The Bertz CT molecular complexity index is 936. The van der Waals surface area contributed by atoms with Gasteiger partial charge in [-0.1, -0.05) is 63.4 Å². The smallest absolute Gasteiger partial charge is 0.228 e. The Balaban J connectivity index is 1.77. The molecule has 0 spiro atoms. The lowest BCUT2D eigenvalue weighted by atomic mass is 10.0. The van der Waals surface area contributed by atoms with Crippen LogP contribution < -0.4 is 5.32 Å². The average molecular weight is 481 g/mol. The highest BCUT2D eigenvalue weighted by Crippen LogP contribution is 2.38. The van der Waals surface area contributed by atoms with Crippen molar-refractivity contribution in [2.75, 3.05) is 11.6 Å². The molecular weight excluding hydrogens is 465 g/mol. The third kappa shape index (κ3) is 5.29. The van der Waals surface area contributed by atoms with Gasteiger partial charge >= 0.3 is 0 Å². The van der Waals surface area contributed by atoms with E-state index in [2.05, 4.69) is 21.2 Å². The zero-order chi connectivity index (χ0) is 19.4. The van der Waals surface area contributed by atoms with Gasteiger partial charge in [0.15, 0.2) is 0 Å². The molecular formula is C21H16BrCl2NOS. The van der Waals surface area contributed by atoms with Crippen LogP contribution in [0.1, 0.15) is 5.56 Å². The molecule has 0 aliphatic carbocycles. The van der Waals surface area contributed by atoms with Crippen molar-refractivity contribution in [3.63, 3.8) is 0 Å². The maximum absolute atomic E-state index is 12.3. The van der Waals surface area contributed by atoms with Gasteiger partial charge in [0, 0.05) is 20.6 Å². The van der Waals surface area contributed by atoms with E-state index >= 15 is 0 Å². The van der Waals surface area contributed by atoms with E-state index < -0.39 is 0 Å². The molecule has 0 aliphatic heterocycles. The second-order valence-electron chi connectivity index (χ2n) is 5.89. The van der Waals surface area contributed by atoms with Crippen LogP contribution in [0.2, 0.25) is 10.0 Å². The minimum absolute atomic E-state index is 0.124. The van der Waals surface area contributed by atoms with Gasteiger partial charge in [-0.25, -0.2) is 0 Å². The molecule has 3 aromatic carbocycles. The Morgan fingerprint density at radius 2 is 1.59 bits per heavy atom. The van der Waals surface area contributed by atoms with E-state index in [4.69, 9.17) is 23.2 Å². The Labute approximate surface area is 181 Å². The normalized spacial score (nSPS) is 10.7. The first-order valence-corrected chi connectivity index (χ1v) is 10.9. The molecule has 0 saturated heterocycles. The van der Waals surface area contributed by atoms with Gasteiger partial charge in [-0.3, -0.25) is 4.79 Å². The number of anilines is 1. The van der Waals surface area contributed by atoms with Crippen molar-refractivity contribution in [2.45, 2.75) is 11.3 Å². The van der Waals surface area contributed by atoms with Crippen molar-refractivity contribution >= 4 is 62.5 Å². The number of rotatable bonds is 5. The fourth-order valence-corrected chi connectivity index (χ4v) is 4.05. The van der Waals surface area contributed by atoms with Crippen LogP contribution in [0.3, 0.4) is 0 Å². The van der Waals surface area contributed by atoms with Crippen molar-refractivity contribution in [2.24, 2.45) is 0 Å². The number of halogens is 3. The summed E-state index contributed by atoms with van der Waals surface area (Å²) in [6.45, 7) is 0. The highest BCUT2D eigenvalue weighted by atomic mass is 79.9. The first-order chi connectivity index (χ1) is 13.0. The van der Waals surface area contributed by atoms with Gasteiger partial charge in [0.2, 0.25) is 5.91 Å². The maximum atomic E-state index is 12.3. The number of hydrogen-bond donors (Lipinski definition) is 1. The summed E-state index contributed by atoms with van der Waals surface area (Å²) in [5.41, 5.74) is 3.21. The lowest BCUT2D eigenvalue weighted by molar-refractivity contribution is -0.115. The van der Waals surface area contributed by atoms with Crippen LogP contribution >= 0.6 is 50.9 Å². The zero-order valence-electron chi connectivity index (χ0n) is 14.4. The molecule has 0 bridgehead atoms. The van der Waals surface area contributed by atoms with Gasteiger partial charge in [0.05, 0.1) is 16.5 Å². The van der Waals surface area contributed by atoms with E-state index in [0.29, 0.717) is 15.7 Å². The standard InChI is InChI=1S/C21H16BrCl2NOS/c1-27-17-8-4-14(5-9-17)21-18(23)11-16(12-19(21)24)25-20(26)10-13-2-6-15(22)7-3-13/h2-9,11-12H,10H2,1H3,(H,25,26). The number of hydrogen-bond acceptors (Lipinski definition) is 2. The molecule has 0 radical (unpaired) electrons. The summed E-state index contributed by atoms with van der Waals surface area (Å²) < 4.78 is 0.978. The van der Waals surface area contributed by atoms with Crippen LogP contribution in [0, 0.1) is 0 Å². The minimum Gasteiger partial charge on any atom is -0.326 e. The predicted molar refractivity (Wildman–Crippen MR) is 120 cm³/mol. The van der Waals surface area contributed by atoms with E-state index in [9.17, 15) is 4.79 Å². The topological polar surface area (TPSA) is 29.1 Å². The van der Waals surface area contributed by atoms with Crippen molar-refractivity contribution in [3.8, 4) is 11.1 Å². The molecule has 0 fully saturated rings. The average Bonchev–Trinajstić information content (AvgIpc) is 2.63. The first-order valence-electron chi connectivity index (χ1n) is 8.14. The lowest BCUT2D eigenvalue weighted by Gasteiger charge is -2.12. The molecule has 0 heterocycles. The molecule has 1 amide bonds. The van der Waals surface area contributed by atoms with Crippen LogP contribution in [0.4, 0.5) is 5.69 Å². The Morgan fingerprint density at radius 1 is 1.00 bits per heavy atom. The molecule has 0 aromatic heterocycles. The first kappa shape index (κ1) is 20.3. The molecule has 2 nitrogen and oxygen atoms in total. The molecule has 6 heteroatoms. The quantitative estimate of drug-likeness (QED) is 0.387. The maximum Gasteiger partial charge on any atom is 0.228 e. The molecule has 0 saturated carbocycles. The summed E-state index contributed by atoms with van der Waals surface area (Å²) in [7, 11) is 0. The fourth-order valence-electron chi connectivity index (χ4n) is 2.67. The Hall–Kier alpha value is -1.46. The molecule has 1 N–H and O–H groups in total. The second-order valence-corrected chi connectivity index (χ2v) is 8.50. The third-order valence-corrected chi connectivity index (χ3v) is 5.85. The van der Waals surface area contributed by atoms with Gasteiger partial charge < -0.3 is 5.32 Å². The molecule has 3 aromatic rings. The van der Waals surface area contributed by atoms with E-state index in [1.165, 1.54) is 4.90 Å². The van der Waals surface area contributed by atoms with Crippen LogP contribution in [0.5, 0.6) is 0 Å². The largest absolute Gasteiger partial charge is 0.326 e. The third-order valence-electron chi connectivity index (χ3n) is 3.98. The number of thioether (sulfide) groups is 1. The van der Waals surface area contributed by atoms with E-state index in [-0.39, 0.29) is 12.3 Å². The molecule has 138 valence electrons. The minimum atomic E-state index is -0.124. The van der Waals surface area contributed by atoms with Crippen molar-refractivity contribution in [3.05, 3.63) is 80.7 Å². The Kier molecular flexibility index (Phi) is 6.88. The van der Waals surface area contributed by atoms with Crippen LogP contribution in [-0.2, 0) is 11.2 Å². The number of amides is 1. The van der Waals surface area contributed by atoms with Gasteiger partial charge in [-0.15, -0.1) is 11.8 Å². The number of carbonyl (C=O) groups is 1. The number of nitrogens with one attached hydrogen (secondary N) is 1. The highest BCUT2D eigenvalue weighted by molar-refractivity contribution is 9.10. The van der Waals surface area contributed by atoms with Gasteiger partial charge in [0.1, 0.15) is 0 Å². The van der Waals surface area contributed by atoms with Gasteiger partial charge in [0.25, 0.3) is 0 Å². The van der Waals surface area contributed by atoms with Gasteiger partial charge in [-0.05, 0) is 53.8 Å². The molecule has 0 aliphatic rings. The summed E-state index contributed by atoms with van der Waals surface area (Å²) in [6.07, 6.45) is 2.31. The number of benzene rings is 3. The second kappa shape index (κ2) is 9.16. The summed E-state index contributed by atoms with van der Waals surface area (Å²) in [6, 6.07) is 19.1. The van der Waals surface area contributed by atoms with Crippen LogP contribution in [0.15, 0.2) is 70.0 Å². The fraction of sp³-hybridized carbons (Fsp3) is 0.0952. The zero-order valence-corrected chi connectivity index (χ0v) is 18.3. The summed E-state index contributed by atoms with van der Waals surface area (Å²) >= 11 is 18.0. The van der Waals surface area contributed by atoms with E-state index in [0.717, 1.165) is 21.2 Å². The van der Waals surface area contributed by atoms with Crippen LogP contribution in [-0.4, -0.2) is 12.2 Å². The van der Waals surface area contributed by atoms with E-state index in [1.807, 2.05) is 54.8 Å². The lowest BCUT2D eigenvalue weighted by Crippen LogP contribution is -2.14. The monoisotopic (exact) mass is 479 g/mol. The Morgan fingerprint density at radius 3 is 2.15 bits per heavy atom. The van der Waals surface area contributed by atoms with Crippen molar-refractivity contribution < 1.29 is 4.79 Å². The highest BCUT2D eigenvalue weighted by Gasteiger charge is 2.12. The van der Waals surface area contributed by atoms with Gasteiger partial charge in [-0.2, -0.15) is 0 Å². The van der Waals surface area contributed by atoms with Crippen LogP contribution in [0.25, 0.3) is 11.1 Å². The predicted octanol–water partition coefficient (Wildman–Crippen LogP) is 7.33. The summed E-state index contributed by atoms with van der Waals surface area (Å²) in [5.74, 6) is -0.124. The van der Waals surface area contributed by atoms with E-state index in [1.54, 1.807) is 23.9 Å². The summed E-state index contributed by atoms with van der Waals surface area (Å²) in [5, 5.41) is 3.86. The molecule has 0 atom stereocenters. The SMILES string of the molecule is CSc1ccc(-c2c(Cl)cc(NC(=O)Cc3ccc(Br)cc3)cc2Cl)cc1. The molecule has 0 unspecified atom stereocenters.